The summed E-state index contributed by atoms with van der Waals surface area (Å²) in [5.74, 6) is 0. The highest BCUT2D eigenvalue weighted by molar-refractivity contribution is 7.09. The lowest BCUT2D eigenvalue weighted by Crippen LogP contribution is -1.99. The maximum atomic E-state index is 2.17. The number of rotatable bonds is 3. The molecular formula is C9H13NS. The Morgan fingerprint density at radius 1 is 1.55 bits per heavy atom. The molecule has 2 heteroatoms. The smallest absolute Gasteiger partial charge is 0.00835 e. The van der Waals surface area contributed by atoms with Crippen LogP contribution < -0.4 is 0 Å². The summed E-state index contributed by atoms with van der Waals surface area (Å²) in [6.45, 7) is 0. The highest BCUT2D eigenvalue weighted by Crippen LogP contribution is 2.09. The second-order valence-electron chi connectivity index (χ2n) is 2.63. The Morgan fingerprint density at radius 3 is 2.91 bits per heavy atom. The number of hydrogen-bond donors (Lipinski definition) is 0. The molecule has 0 aliphatic carbocycles. The molecule has 0 saturated carbocycles. The molecule has 0 unspecified atom stereocenters. The maximum Gasteiger partial charge on any atom is 0.00835 e. The van der Waals surface area contributed by atoms with Gasteiger partial charge in [0.15, 0.2) is 0 Å². The van der Waals surface area contributed by atoms with Crippen molar-refractivity contribution in [2.45, 2.75) is 6.42 Å². The van der Waals surface area contributed by atoms with Crippen molar-refractivity contribution >= 4 is 11.3 Å². The van der Waals surface area contributed by atoms with Crippen molar-refractivity contribution in [3.63, 3.8) is 0 Å². The Bertz CT molecular complexity index is 211. The van der Waals surface area contributed by atoms with Crippen LogP contribution >= 0.6 is 11.3 Å². The predicted octanol–water partition coefficient (Wildman–Crippen LogP) is 2.37. The van der Waals surface area contributed by atoms with Crippen LogP contribution in [0.3, 0.4) is 0 Å². The SMILES string of the molecule is CN(C)C=CCc1cccs1. The van der Waals surface area contributed by atoms with Gasteiger partial charge >= 0.3 is 0 Å². The van der Waals surface area contributed by atoms with Crippen LogP contribution in [0.4, 0.5) is 0 Å². The second kappa shape index (κ2) is 4.19. The van der Waals surface area contributed by atoms with Gasteiger partial charge in [-0.2, -0.15) is 0 Å². The van der Waals surface area contributed by atoms with Gasteiger partial charge < -0.3 is 4.90 Å². The fraction of sp³-hybridized carbons (Fsp3) is 0.333. The fourth-order valence-corrected chi connectivity index (χ4v) is 1.49. The summed E-state index contributed by atoms with van der Waals surface area (Å²) in [4.78, 5) is 3.47. The van der Waals surface area contributed by atoms with E-state index in [1.807, 2.05) is 19.0 Å². The first kappa shape index (κ1) is 8.34. The molecule has 0 aliphatic rings. The van der Waals surface area contributed by atoms with Gasteiger partial charge in [0.1, 0.15) is 0 Å². The first-order valence-electron chi connectivity index (χ1n) is 3.64. The summed E-state index contributed by atoms with van der Waals surface area (Å²) >= 11 is 1.80. The minimum Gasteiger partial charge on any atom is -0.384 e. The molecule has 0 aromatic carbocycles. The average Bonchev–Trinajstić information content (AvgIpc) is 2.39. The zero-order valence-corrected chi connectivity index (χ0v) is 7.77. The summed E-state index contributed by atoms with van der Waals surface area (Å²) in [5, 5.41) is 2.11. The first-order valence-corrected chi connectivity index (χ1v) is 4.52. The van der Waals surface area contributed by atoms with Gasteiger partial charge in [-0.05, 0) is 17.6 Å². The first-order chi connectivity index (χ1) is 5.29. The Kier molecular flexibility index (Phi) is 3.17. The van der Waals surface area contributed by atoms with Crippen molar-refractivity contribution in [2.75, 3.05) is 14.1 Å². The highest BCUT2D eigenvalue weighted by atomic mass is 32.1. The van der Waals surface area contributed by atoms with Gasteiger partial charge in [0.2, 0.25) is 0 Å². The molecular weight excluding hydrogens is 154 g/mol. The predicted molar refractivity (Wildman–Crippen MR) is 50.9 cm³/mol. The molecule has 0 spiro atoms. The van der Waals surface area contributed by atoms with E-state index in [-0.39, 0.29) is 0 Å². The van der Waals surface area contributed by atoms with Gasteiger partial charge in [-0.1, -0.05) is 12.1 Å². The number of nitrogens with zero attached hydrogens (tertiary/aromatic N) is 1. The minimum absolute atomic E-state index is 1.05. The molecule has 0 atom stereocenters. The van der Waals surface area contributed by atoms with E-state index in [2.05, 4.69) is 29.8 Å². The normalized spacial score (nSPS) is 10.7. The Labute approximate surface area is 72.0 Å². The fourth-order valence-electron chi connectivity index (χ4n) is 0.808. The largest absolute Gasteiger partial charge is 0.384 e. The molecule has 0 amide bonds. The van der Waals surface area contributed by atoms with Crippen LogP contribution in [0, 0.1) is 0 Å². The van der Waals surface area contributed by atoms with Crippen LogP contribution in [-0.4, -0.2) is 19.0 Å². The molecule has 0 aliphatic heterocycles. The third-order valence-corrected chi connectivity index (χ3v) is 2.20. The van der Waals surface area contributed by atoms with Crippen LogP contribution in [0.1, 0.15) is 4.88 Å². The van der Waals surface area contributed by atoms with Gasteiger partial charge in [-0.15, -0.1) is 11.3 Å². The summed E-state index contributed by atoms with van der Waals surface area (Å²) in [5.41, 5.74) is 0. The molecule has 11 heavy (non-hydrogen) atoms. The third kappa shape index (κ3) is 3.23. The van der Waals surface area contributed by atoms with Crippen molar-refractivity contribution in [1.82, 2.24) is 4.90 Å². The quantitative estimate of drug-likeness (QED) is 0.668. The Balaban J connectivity index is 2.34. The second-order valence-corrected chi connectivity index (χ2v) is 3.66. The molecule has 60 valence electrons. The molecule has 0 radical (unpaired) electrons. The zero-order valence-electron chi connectivity index (χ0n) is 6.95. The Hall–Kier alpha value is -0.760. The lowest BCUT2D eigenvalue weighted by Gasteiger charge is -2.01. The lowest BCUT2D eigenvalue weighted by atomic mass is 10.3. The van der Waals surface area contributed by atoms with E-state index in [1.54, 1.807) is 11.3 Å². The topological polar surface area (TPSA) is 3.24 Å². The van der Waals surface area contributed by atoms with Crippen molar-refractivity contribution < 1.29 is 0 Å². The van der Waals surface area contributed by atoms with Gasteiger partial charge in [0.25, 0.3) is 0 Å². The molecule has 1 aromatic heterocycles. The van der Waals surface area contributed by atoms with E-state index < -0.39 is 0 Å². The number of thiophene rings is 1. The minimum atomic E-state index is 1.05. The van der Waals surface area contributed by atoms with Gasteiger partial charge in [0, 0.05) is 25.4 Å². The van der Waals surface area contributed by atoms with Gasteiger partial charge in [-0.25, -0.2) is 0 Å². The van der Waals surface area contributed by atoms with Crippen LogP contribution in [-0.2, 0) is 6.42 Å². The molecule has 1 nitrogen and oxygen atoms in total. The van der Waals surface area contributed by atoms with Crippen LogP contribution in [0.5, 0.6) is 0 Å². The summed E-state index contributed by atoms with van der Waals surface area (Å²) < 4.78 is 0. The molecule has 0 fully saturated rings. The monoisotopic (exact) mass is 167 g/mol. The van der Waals surface area contributed by atoms with Gasteiger partial charge in [0.05, 0.1) is 0 Å². The summed E-state index contributed by atoms with van der Waals surface area (Å²) in [6, 6.07) is 4.24. The van der Waals surface area contributed by atoms with Crippen LogP contribution in [0.25, 0.3) is 0 Å². The molecule has 0 bridgehead atoms. The van der Waals surface area contributed by atoms with E-state index in [9.17, 15) is 0 Å². The molecule has 1 aromatic rings. The van der Waals surface area contributed by atoms with Crippen molar-refractivity contribution in [3.05, 3.63) is 34.7 Å². The third-order valence-electron chi connectivity index (χ3n) is 1.30. The molecule has 1 heterocycles. The van der Waals surface area contributed by atoms with E-state index in [1.165, 1.54) is 4.88 Å². The Morgan fingerprint density at radius 2 is 2.36 bits per heavy atom. The highest BCUT2D eigenvalue weighted by Gasteiger charge is 1.87. The standard InChI is InChI=1S/C9H13NS/c1-10(2)7-3-5-9-6-4-8-11-9/h3-4,6-8H,5H2,1-2H3. The maximum absolute atomic E-state index is 2.17. The van der Waals surface area contributed by atoms with E-state index in [4.69, 9.17) is 0 Å². The van der Waals surface area contributed by atoms with Gasteiger partial charge in [-0.3, -0.25) is 0 Å². The molecule has 1 rings (SSSR count). The van der Waals surface area contributed by atoms with E-state index in [0.29, 0.717) is 0 Å². The van der Waals surface area contributed by atoms with Crippen molar-refractivity contribution in [3.8, 4) is 0 Å². The van der Waals surface area contributed by atoms with Crippen molar-refractivity contribution in [2.24, 2.45) is 0 Å². The number of allylic oxidation sites excluding steroid dienone is 1. The zero-order chi connectivity index (χ0) is 8.10. The lowest BCUT2D eigenvalue weighted by molar-refractivity contribution is 0.562. The number of hydrogen-bond acceptors (Lipinski definition) is 2. The van der Waals surface area contributed by atoms with Crippen LogP contribution in [0.2, 0.25) is 0 Å². The van der Waals surface area contributed by atoms with E-state index in [0.717, 1.165) is 6.42 Å². The average molecular weight is 167 g/mol. The van der Waals surface area contributed by atoms with E-state index >= 15 is 0 Å². The molecule has 0 saturated heterocycles. The molecule has 0 N–H and O–H groups in total. The summed E-state index contributed by atoms with van der Waals surface area (Å²) in [6.07, 6.45) is 5.31. The summed E-state index contributed by atoms with van der Waals surface area (Å²) in [7, 11) is 4.07. The van der Waals surface area contributed by atoms with Crippen molar-refractivity contribution in [1.29, 1.82) is 0 Å². The van der Waals surface area contributed by atoms with Crippen LogP contribution in [0.15, 0.2) is 29.8 Å².